The van der Waals surface area contributed by atoms with E-state index in [0.717, 1.165) is 5.56 Å². The third kappa shape index (κ3) is 4.41. The number of nitrogens with zero attached hydrogens (tertiary/aromatic N) is 2. The van der Waals surface area contributed by atoms with E-state index in [0.29, 0.717) is 31.5 Å². The zero-order valence-electron chi connectivity index (χ0n) is 15.7. The number of nitriles is 1. The average Bonchev–Trinajstić information content (AvgIpc) is 2.74. The first kappa shape index (κ1) is 20.1. The largest absolute Gasteiger partial charge is 0.349 e. The van der Waals surface area contributed by atoms with E-state index in [9.17, 15) is 13.2 Å². The molecule has 1 heterocycles. The standard InChI is InChI=1S/C21H23N3O3S/c1-16(18-5-3-2-4-6-18)23-21(25)19-11-13-24(14-12-19)28(26,27)20-9-7-17(15-22)8-10-20/h2-10,16,19H,11-14H2,1H3,(H,23,25)/t16-/m1/s1. The van der Waals surface area contributed by atoms with Gasteiger partial charge in [-0.15, -0.1) is 0 Å². The molecule has 2 aromatic rings. The van der Waals surface area contributed by atoms with E-state index in [-0.39, 0.29) is 22.8 Å². The third-order valence-electron chi connectivity index (χ3n) is 5.10. The topological polar surface area (TPSA) is 90.3 Å². The Morgan fingerprint density at radius 1 is 1.11 bits per heavy atom. The first-order chi connectivity index (χ1) is 13.4. The van der Waals surface area contributed by atoms with Gasteiger partial charge in [-0.05, 0) is 49.6 Å². The molecule has 0 aliphatic carbocycles. The van der Waals surface area contributed by atoms with Gasteiger partial charge < -0.3 is 5.32 Å². The molecule has 0 radical (unpaired) electrons. The molecule has 1 aliphatic heterocycles. The Balaban J connectivity index is 1.59. The molecule has 0 aromatic heterocycles. The van der Waals surface area contributed by atoms with Gasteiger partial charge in [0.1, 0.15) is 0 Å². The summed E-state index contributed by atoms with van der Waals surface area (Å²) in [4.78, 5) is 12.7. The quantitative estimate of drug-likeness (QED) is 0.840. The molecule has 28 heavy (non-hydrogen) atoms. The normalized spacial score (nSPS) is 16.9. The zero-order valence-corrected chi connectivity index (χ0v) is 16.5. The highest BCUT2D eigenvalue weighted by molar-refractivity contribution is 7.89. The molecule has 1 atom stereocenters. The number of amides is 1. The van der Waals surface area contributed by atoms with Crippen LogP contribution in [0.2, 0.25) is 0 Å². The first-order valence-corrected chi connectivity index (χ1v) is 10.7. The molecule has 2 aromatic carbocycles. The predicted molar refractivity (Wildman–Crippen MR) is 106 cm³/mol. The van der Waals surface area contributed by atoms with Crippen LogP contribution in [0.5, 0.6) is 0 Å². The molecule has 7 heteroatoms. The molecule has 146 valence electrons. The minimum atomic E-state index is -3.61. The average molecular weight is 398 g/mol. The number of sulfonamides is 1. The molecule has 0 bridgehead atoms. The Morgan fingerprint density at radius 3 is 2.29 bits per heavy atom. The van der Waals surface area contributed by atoms with Gasteiger partial charge in [-0.25, -0.2) is 8.42 Å². The van der Waals surface area contributed by atoms with Gasteiger partial charge >= 0.3 is 0 Å². The maximum absolute atomic E-state index is 12.8. The molecule has 0 saturated carbocycles. The number of piperidine rings is 1. The molecule has 1 saturated heterocycles. The smallest absolute Gasteiger partial charge is 0.243 e. The summed E-state index contributed by atoms with van der Waals surface area (Å²) >= 11 is 0. The molecule has 1 fully saturated rings. The summed E-state index contributed by atoms with van der Waals surface area (Å²) < 4.78 is 27.0. The molecular weight excluding hydrogens is 374 g/mol. The van der Waals surface area contributed by atoms with Crippen molar-refractivity contribution in [2.75, 3.05) is 13.1 Å². The van der Waals surface area contributed by atoms with Gasteiger partial charge in [0.15, 0.2) is 0 Å². The number of benzene rings is 2. The SMILES string of the molecule is C[C@@H](NC(=O)C1CCN(S(=O)(=O)c2ccc(C#N)cc2)CC1)c1ccccc1. The van der Waals surface area contributed by atoms with Crippen molar-refractivity contribution < 1.29 is 13.2 Å². The van der Waals surface area contributed by atoms with Crippen LogP contribution in [-0.2, 0) is 14.8 Å². The second-order valence-corrected chi connectivity index (χ2v) is 8.89. The summed E-state index contributed by atoms with van der Waals surface area (Å²) in [6, 6.07) is 17.5. The van der Waals surface area contributed by atoms with Crippen molar-refractivity contribution in [2.45, 2.75) is 30.7 Å². The summed E-state index contributed by atoms with van der Waals surface area (Å²) in [5.41, 5.74) is 1.46. The van der Waals surface area contributed by atoms with E-state index >= 15 is 0 Å². The fourth-order valence-corrected chi connectivity index (χ4v) is 4.83. The van der Waals surface area contributed by atoms with Crippen molar-refractivity contribution in [1.29, 1.82) is 5.26 Å². The van der Waals surface area contributed by atoms with Crippen LogP contribution in [-0.4, -0.2) is 31.7 Å². The summed E-state index contributed by atoms with van der Waals surface area (Å²) in [5.74, 6) is -0.231. The van der Waals surface area contributed by atoms with Crippen LogP contribution in [0.15, 0.2) is 59.5 Å². The van der Waals surface area contributed by atoms with Crippen LogP contribution in [0.3, 0.4) is 0 Å². The Kier molecular flexibility index (Phi) is 6.12. The van der Waals surface area contributed by atoms with Gasteiger partial charge in [-0.3, -0.25) is 4.79 Å². The molecule has 6 nitrogen and oxygen atoms in total. The van der Waals surface area contributed by atoms with Crippen LogP contribution in [0.4, 0.5) is 0 Å². The zero-order chi connectivity index (χ0) is 20.1. The first-order valence-electron chi connectivity index (χ1n) is 9.27. The lowest BCUT2D eigenvalue weighted by Gasteiger charge is -2.31. The van der Waals surface area contributed by atoms with Gasteiger partial charge in [-0.2, -0.15) is 9.57 Å². The number of hydrogen-bond donors (Lipinski definition) is 1. The molecule has 1 amide bonds. The van der Waals surface area contributed by atoms with Gasteiger partial charge in [0.05, 0.1) is 22.6 Å². The molecule has 1 aliphatic rings. The highest BCUT2D eigenvalue weighted by Crippen LogP contribution is 2.25. The predicted octanol–water partition coefficient (Wildman–Crippen LogP) is 2.84. The van der Waals surface area contributed by atoms with E-state index in [4.69, 9.17) is 5.26 Å². The van der Waals surface area contributed by atoms with Crippen LogP contribution in [0.1, 0.15) is 36.9 Å². The third-order valence-corrected chi connectivity index (χ3v) is 7.02. The number of carbonyl (C=O) groups is 1. The van der Waals surface area contributed by atoms with E-state index < -0.39 is 10.0 Å². The fraction of sp³-hybridized carbons (Fsp3) is 0.333. The lowest BCUT2D eigenvalue weighted by atomic mass is 9.96. The number of hydrogen-bond acceptors (Lipinski definition) is 4. The highest BCUT2D eigenvalue weighted by atomic mass is 32.2. The maximum Gasteiger partial charge on any atom is 0.243 e. The maximum atomic E-state index is 12.8. The van der Waals surface area contributed by atoms with Gasteiger partial charge in [0.2, 0.25) is 15.9 Å². The number of nitrogens with one attached hydrogen (secondary N) is 1. The van der Waals surface area contributed by atoms with E-state index in [1.54, 1.807) is 0 Å². The Morgan fingerprint density at radius 2 is 1.71 bits per heavy atom. The minimum absolute atomic E-state index is 0.0354. The van der Waals surface area contributed by atoms with E-state index in [1.807, 2.05) is 43.3 Å². The molecule has 0 spiro atoms. The Labute approximate surface area is 165 Å². The van der Waals surface area contributed by atoms with Crippen LogP contribution >= 0.6 is 0 Å². The Hall–Kier alpha value is -2.69. The van der Waals surface area contributed by atoms with Crippen LogP contribution in [0, 0.1) is 17.2 Å². The van der Waals surface area contributed by atoms with Crippen molar-refractivity contribution in [2.24, 2.45) is 5.92 Å². The second kappa shape index (κ2) is 8.55. The van der Waals surface area contributed by atoms with Crippen molar-refractivity contribution in [3.63, 3.8) is 0 Å². The lowest BCUT2D eigenvalue weighted by molar-refractivity contribution is -0.126. The summed E-state index contributed by atoms with van der Waals surface area (Å²) in [6.07, 6.45) is 0.978. The van der Waals surface area contributed by atoms with Crippen molar-refractivity contribution in [3.8, 4) is 6.07 Å². The molecular formula is C21H23N3O3S. The van der Waals surface area contributed by atoms with Crippen molar-refractivity contribution in [1.82, 2.24) is 9.62 Å². The van der Waals surface area contributed by atoms with E-state index in [1.165, 1.54) is 28.6 Å². The van der Waals surface area contributed by atoms with Gasteiger partial charge in [0, 0.05) is 19.0 Å². The number of rotatable bonds is 5. The highest BCUT2D eigenvalue weighted by Gasteiger charge is 2.32. The van der Waals surface area contributed by atoms with Gasteiger partial charge in [-0.1, -0.05) is 30.3 Å². The van der Waals surface area contributed by atoms with Crippen molar-refractivity contribution >= 4 is 15.9 Å². The van der Waals surface area contributed by atoms with Crippen LogP contribution in [0.25, 0.3) is 0 Å². The monoisotopic (exact) mass is 397 g/mol. The van der Waals surface area contributed by atoms with E-state index in [2.05, 4.69) is 5.32 Å². The molecule has 3 rings (SSSR count). The number of carbonyl (C=O) groups excluding carboxylic acids is 1. The lowest BCUT2D eigenvalue weighted by Crippen LogP contribution is -2.43. The molecule has 1 N–H and O–H groups in total. The Bertz CT molecular complexity index is 958. The molecule has 0 unspecified atom stereocenters. The summed E-state index contributed by atoms with van der Waals surface area (Å²) in [7, 11) is -3.61. The fourth-order valence-electron chi connectivity index (χ4n) is 3.37. The second-order valence-electron chi connectivity index (χ2n) is 6.96. The van der Waals surface area contributed by atoms with Crippen LogP contribution < -0.4 is 5.32 Å². The summed E-state index contributed by atoms with van der Waals surface area (Å²) in [6.45, 7) is 2.55. The summed E-state index contributed by atoms with van der Waals surface area (Å²) in [5, 5.41) is 11.9. The van der Waals surface area contributed by atoms with Gasteiger partial charge in [0.25, 0.3) is 0 Å². The van der Waals surface area contributed by atoms with Crippen molar-refractivity contribution in [3.05, 3.63) is 65.7 Å². The minimum Gasteiger partial charge on any atom is -0.349 e.